The number of fused-ring (bicyclic) bond motifs is 1. The summed E-state index contributed by atoms with van der Waals surface area (Å²) in [5.74, 6) is 1.09. The van der Waals surface area contributed by atoms with Gasteiger partial charge in [-0.25, -0.2) is 9.37 Å². The maximum absolute atomic E-state index is 13.9. The highest BCUT2D eigenvalue weighted by molar-refractivity contribution is 5.90. The van der Waals surface area contributed by atoms with E-state index < -0.39 is 6.17 Å². The third-order valence-electron chi connectivity index (χ3n) is 5.47. The number of alkyl halides is 1. The average Bonchev–Trinajstić information content (AvgIpc) is 3.40. The summed E-state index contributed by atoms with van der Waals surface area (Å²) in [4.78, 5) is 20.3. The molecule has 0 radical (unpaired) electrons. The smallest absolute Gasteiger partial charge is 0.229 e. The summed E-state index contributed by atoms with van der Waals surface area (Å²) >= 11 is 0. The Morgan fingerprint density at radius 2 is 2.12 bits per heavy atom. The molecule has 1 aliphatic heterocycles. The summed E-state index contributed by atoms with van der Waals surface area (Å²) in [7, 11) is 1.49. The van der Waals surface area contributed by atoms with Gasteiger partial charge in [-0.15, -0.1) is 0 Å². The number of aliphatic imine (C=N–C) groups is 1. The van der Waals surface area contributed by atoms with Crippen molar-refractivity contribution >= 4 is 29.1 Å². The van der Waals surface area contributed by atoms with Crippen LogP contribution in [0.25, 0.3) is 11.2 Å². The number of nitrogens with one attached hydrogen (secondary N) is 1. The molecule has 0 aromatic carbocycles. The molecule has 11 heteroatoms. The van der Waals surface area contributed by atoms with Crippen molar-refractivity contribution < 1.29 is 9.13 Å². The van der Waals surface area contributed by atoms with Gasteiger partial charge in [0, 0.05) is 18.6 Å². The highest BCUT2D eigenvalue weighted by Crippen LogP contribution is 2.29. The molecule has 0 amide bonds. The lowest BCUT2D eigenvalue weighted by atomic mass is 10.1. The van der Waals surface area contributed by atoms with Crippen LogP contribution in [0.2, 0.25) is 0 Å². The van der Waals surface area contributed by atoms with Crippen LogP contribution in [0.5, 0.6) is 0 Å². The molecule has 0 aliphatic carbocycles. The molecule has 2 aromatic rings. The minimum atomic E-state index is -0.890. The van der Waals surface area contributed by atoms with Gasteiger partial charge in [0.25, 0.3) is 0 Å². The largest absolute Gasteiger partial charge is 0.481 e. The fourth-order valence-corrected chi connectivity index (χ4v) is 3.58. The Kier molecular flexibility index (Phi) is 8.06. The van der Waals surface area contributed by atoms with Crippen molar-refractivity contribution in [3.05, 3.63) is 17.9 Å². The molecule has 2 aromatic heterocycles. The minimum absolute atomic E-state index is 0.175. The predicted octanol–water partition coefficient (Wildman–Crippen LogP) is 2.52. The topological polar surface area (TPSA) is 132 Å². The third kappa shape index (κ3) is 6.10. The molecule has 0 saturated carbocycles. The van der Waals surface area contributed by atoms with Crippen molar-refractivity contribution in [3.63, 3.8) is 0 Å². The van der Waals surface area contributed by atoms with Gasteiger partial charge in [-0.2, -0.15) is 9.97 Å². The van der Waals surface area contributed by atoms with Crippen molar-refractivity contribution in [2.45, 2.75) is 58.2 Å². The molecule has 5 N–H and O–H groups in total. The highest BCUT2D eigenvalue weighted by Gasteiger charge is 2.27. The second-order valence-electron chi connectivity index (χ2n) is 9.15. The number of hydrogen-bond donors (Lipinski definition) is 3. The highest BCUT2D eigenvalue weighted by atomic mass is 19.1. The van der Waals surface area contributed by atoms with Gasteiger partial charge in [0.05, 0.1) is 26.2 Å². The number of unbranched alkanes of at least 4 members (excludes halogenated alkanes) is 2. The molecule has 3 heterocycles. The molecule has 3 rings (SSSR count). The summed E-state index contributed by atoms with van der Waals surface area (Å²) < 4.78 is 21.1. The van der Waals surface area contributed by atoms with Gasteiger partial charge >= 0.3 is 0 Å². The van der Waals surface area contributed by atoms with Crippen LogP contribution in [-0.4, -0.2) is 65.2 Å². The number of ether oxygens (including phenoxy) is 1. The predicted molar refractivity (Wildman–Crippen MR) is 130 cm³/mol. The van der Waals surface area contributed by atoms with Crippen molar-refractivity contribution in [1.29, 1.82) is 0 Å². The molecule has 10 nitrogen and oxygen atoms in total. The number of imidazole rings is 1. The molecule has 182 valence electrons. The lowest BCUT2D eigenvalue weighted by molar-refractivity contribution is 0.285. The van der Waals surface area contributed by atoms with E-state index in [2.05, 4.69) is 41.0 Å². The number of hydrogen-bond acceptors (Lipinski definition) is 9. The maximum atomic E-state index is 13.9. The summed E-state index contributed by atoms with van der Waals surface area (Å²) in [5.41, 5.74) is 13.1. The van der Waals surface area contributed by atoms with Crippen LogP contribution in [0.4, 0.5) is 16.2 Å². The van der Waals surface area contributed by atoms with Crippen LogP contribution in [0.15, 0.2) is 22.9 Å². The normalized spacial score (nSPS) is 17.8. The Morgan fingerprint density at radius 1 is 1.33 bits per heavy atom. The zero-order valence-electron chi connectivity index (χ0n) is 20.0. The van der Waals surface area contributed by atoms with Crippen LogP contribution in [0.1, 0.15) is 46.5 Å². The first kappa shape index (κ1) is 24.7. The number of allylic oxidation sites excluding steroid dienone is 1. The van der Waals surface area contributed by atoms with E-state index in [-0.39, 0.29) is 18.0 Å². The number of nitrogens with two attached hydrogens (primary N) is 2. The van der Waals surface area contributed by atoms with E-state index in [1.807, 2.05) is 9.47 Å². The number of nitrogens with zero attached hydrogens (tertiary/aromatic N) is 6. The quantitative estimate of drug-likeness (QED) is 0.279. The van der Waals surface area contributed by atoms with E-state index in [0.717, 1.165) is 19.3 Å². The zero-order chi connectivity index (χ0) is 24.0. The second-order valence-corrected chi connectivity index (χ2v) is 9.15. The molecule has 0 unspecified atom stereocenters. The monoisotopic (exact) mass is 461 g/mol. The Labute approximate surface area is 194 Å². The van der Waals surface area contributed by atoms with Crippen LogP contribution in [0.3, 0.4) is 0 Å². The van der Waals surface area contributed by atoms with E-state index >= 15 is 0 Å². The van der Waals surface area contributed by atoms with Gasteiger partial charge in [0.1, 0.15) is 11.9 Å². The van der Waals surface area contributed by atoms with Crippen LogP contribution >= 0.6 is 0 Å². The second kappa shape index (κ2) is 10.8. The van der Waals surface area contributed by atoms with Gasteiger partial charge in [0.15, 0.2) is 17.0 Å². The average molecular weight is 462 g/mol. The molecule has 1 aliphatic rings. The Morgan fingerprint density at radius 3 is 2.76 bits per heavy atom. The lowest BCUT2D eigenvalue weighted by Crippen LogP contribution is -2.25. The fourth-order valence-electron chi connectivity index (χ4n) is 3.58. The molecule has 1 saturated heterocycles. The van der Waals surface area contributed by atoms with Gasteiger partial charge in [-0.1, -0.05) is 6.42 Å². The number of aromatic nitrogens is 4. The van der Waals surface area contributed by atoms with Crippen LogP contribution in [-0.2, 0) is 10.3 Å². The first-order valence-electron chi connectivity index (χ1n) is 11.4. The van der Waals surface area contributed by atoms with Gasteiger partial charge in [-0.3, -0.25) is 4.99 Å². The number of methoxy groups -OCH3 is 1. The van der Waals surface area contributed by atoms with Crippen molar-refractivity contribution in [2.75, 3.05) is 43.5 Å². The fraction of sp³-hybridized carbons (Fsp3) is 0.636. The van der Waals surface area contributed by atoms with Crippen molar-refractivity contribution in [1.82, 2.24) is 19.5 Å². The maximum Gasteiger partial charge on any atom is 0.229 e. The Bertz CT molecular complexity index is 996. The third-order valence-corrected chi connectivity index (χ3v) is 5.47. The SMILES string of the molecule is CO/C(N)=C(/C=NCCCCCN)Nc1nc(N2CC[C@H](F)C2)nc2c1ncn2C(C)(C)C. The summed E-state index contributed by atoms with van der Waals surface area (Å²) in [6, 6.07) is 0. The Balaban J connectivity index is 1.97. The van der Waals surface area contributed by atoms with Gasteiger partial charge in [-0.05, 0) is 46.6 Å². The van der Waals surface area contributed by atoms with Crippen molar-refractivity contribution in [3.8, 4) is 0 Å². The first-order chi connectivity index (χ1) is 15.7. The van der Waals surface area contributed by atoms with E-state index in [1.54, 1.807) is 12.5 Å². The summed E-state index contributed by atoms with van der Waals surface area (Å²) in [6.45, 7) is 8.37. The molecular weight excluding hydrogens is 425 g/mol. The Hall–Kier alpha value is -2.95. The van der Waals surface area contributed by atoms with E-state index in [9.17, 15) is 4.39 Å². The molecule has 1 fully saturated rings. The van der Waals surface area contributed by atoms with Crippen molar-refractivity contribution in [2.24, 2.45) is 16.5 Å². The van der Waals surface area contributed by atoms with Gasteiger partial charge < -0.3 is 31.0 Å². The molecule has 1 atom stereocenters. The molecular formula is C22H36FN9O. The zero-order valence-corrected chi connectivity index (χ0v) is 20.0. The van der Waals surface area contributed by atoms with E-state index in [4.69, 9.17) is 21.2 Å². The standard InChI is InChI=1S/C22H36FN9O/c1-22(2,3)32-14-27-17-19(29-21(30-20(17)32)31-11-8-15(23)13-31)28-16(18(25)33-4)12-26-10-7-5-6-9-24/h12,14-15H,5-11,13,24-25H2,1-4H3,(H,28,29,30)/b18-16-,26-12?/t15-/m0/s1. The van der Waals surface area contributed by atoms with Crippen LogP contribution in [0, 0.1) is 0 Å². The lowest BCUT2D eigenvalue weighted by Gasteiger charge is -2.22. The number of rotatable bonds is 10. The molecule has 0 spiro atoms. The van der Waals surface area contributed by atoms with Gasteiger partial charge in [0.2, 0.25) is 11.8 Å². The molecule has 33 heavy (non-hydrogen) atoms. The number of anilines is 2. The van der Waals surface area contributed by atoms with Crippen LogP contribution < -0.4 is 21.7 Å². The molecule has 0 bridgehead atoms. The van der Waals surface area contributed by atoms with E-state index in [1.165, 1.54) is 7.11 Å². The summed E-state index contributed by atoms with van der Waals surface area (Å²) in [5, 5.41) is 3.23. The number of halogens is 1. The van der Waals surface area contributed by atoms with E-state index in [0.29, 0.717) is 54.7 Å². The summed E-state index contributed by atoms with van der Waals surface area (Å²) in [6.07, 6.45) is 5.89. The minimum Gasteiger partial charge on any atom is -0.481 e. The first-order valence-corrected chi connectivity index (χ1v) is 11.4.